The fourth-order valence-electron chi connectivity index (χ4n) is 4.10. The molecule has 0 bridgehead atoms. The second-order valence-corrected chi connectivity index (χ2v) is 9.28. The van der Waals surface area contributed by atoms with Gasteiger partial charge in [-0.15, -0.1) is 0 Å². The lowest BCUT2D eigenvalue weighted by atomic mass is 9.96. The lowest BCUT2D eigenvalue weighted by Crippen LogP contribution is -2.29. The third-order valence-electron chi connectivity index (χ3n) is 5.73. The molecule has 8 nitrogen and oxygen atoms in total. The van der Waals surface area contributed by atoms with Crippen molar-refractivity contribution in [1.82, 2.24) is 9.97 Å². The number of carbonyl (C=O) groups excluding carboxylic acids is 2. The fraction of sp³-hybridized carbons (Fsp3) is 0.154. The Hall–Kier alpha value is -3.95. The topological polar surface area (TPSA) is 102 Å². The van der Waals surface area contributed by atoms with E-state index in [-0.39, 0.29) is 16.9 Å². The molecule has 1 fully saturated rings. The van der Waals surface area contributed by atoms with Gasteiger partial charge in [0.15, 0.2) is 5.13 Å². The molecular weight excluding hydrogens is 502 g/mol. The maximum absolute atomic E-state index is 13.4. The van der Waals surface area contributed by atoms with E-state index in [2.05, 4.69) is 9.97 Å². The van der Waals surface area contributed by atoms with Crippen molar-refractivity contribution in [1.29, 1.82) is 0 Å². The number of hydrogen-bond donors (Lipinski definition) is 1. The van der Waals surface area contributed by atoms with Crippen LogP contribution in [-0.2, 0) is 9.59 Å². The third kappa shape index (κ3) is 4.06. The molecule has 1 N–H and O–H groups in total. The van der Waals surface area contributed by atoms with E-state index in [0.29, 0.717) is 39.3 Å². The SMILES string of the molecule is CCOc1ccc2nc(N3C(=O)C(=O)/C(=C(/O)c4ccc(Cl)c(OC)c4)C3c3cccnc3)sc2c1. The smallest absolute Gasteiger partial charge is 0.301 e. The van der Waals surface area contributed by atoms with Gasteiger partial charge in [0, 0.05) is 18.0 Å². The monoisotopic (exact) mass is 521 g/mol. The highest BCUT2D eigenvalue weighted by Gasteiger charge is 2.48. The van der Waals surface area contributed by atoms with Crippen LogP contribution in [0, 0.1) is 0 Å². The van der Waals surface area contributed by atoms with Crippen LogP contribution in [0.25, 0.3) is 16.0 Å². The van der Waals surface area contributed by atoms with Crippen LogP contribution in [0.1, 0.15) is 24.1 Å². The molecule has 1 unspecified atom stereocenters. The van der Waals surface area contributed by atoms with Gasteiger partial charge in [0.1, 0.15) is 17.3 Å². The van der Waals surface area contributed by atoms with Crippen LogP contribution >= 0.6 is 22.9 Å². The minimum Gasteiger partial charge on any atom is -0.507 e. The van der Waals surface area contributed by atoms with Gasteiger partial charge in [-0.2, -0.15) is 0 Å². The first kappa shape index (κ1) is 23.8. The number of aliphatic hydroxyl groups is 1. The Morgan fingerprint density at radius 3 is 2.75 bits per heavy atom. The van der Waals surface area contributed by atoms with E-state index in [9.17, 15) is 14.7 Å². The quantitative estimate of drug-likeness (QED) is 0.206. The van der Waals surface area contributed by atoms with Crippen LogP contribution in [0.3, 0.4) is 0 Å². The maximum atomic E-state index is 13.4. The van der Waals surface area contributed by atoms with Crippen molar-refractivity contribution < 1.29 is 24.2 Å². The molecule has 1 aliphatic heterocycles. The van der Waals surface area contributed by atoms with E-state index in [1.807, 2.05) is 13.0 Å². The van der Waals surface area contributed by atoms with Crippen molar-refractivity contribution in [3.63, 3.8) is 0 Å². The molecule has 1 saturated heterocycles. The van der Waals surface area contributed by atoms with Crippen LogP contribution in [0.15, 0.2) is 66.5 Å². The van der Waals surface area contributed by atoms with Gasteiger partial charge in [0.2, 0.25) is 0 Å². The Balaban J connectivity index is 1.69. The molecule has 0 radical (unpaired) electrons. The van der Waals surface area contributed by atoms with Crippen molar-refractivity contribution in [3.05, 3.63) is 82.6 Å². The molecule has 1 amide bonds. The van der Waals surface area contributed by atoms with Crippen LogP contribution in [0.5, 0.6) is 11.5 Å². The second kappa shape index (κ2) is 9.60. The molecule has 2 aromatic carbocycles. The van der Waals surface area contributed by atoms with Gasteiger partial charge in [0.25, 0.3) is 5.78 Å². The number of fused-ring (bicyclic) bond motifs is 1. The molecule has 182 valence electrons. The third-order valence-corrected chi connectivity index (χ3v) is 7.06. The second-order valence-electron chi connectivity index (χ2n) is 7.86. The Labute approximate surface area is 215 Å². The number of methoxy groups -OCH3 is 1. The van der Waals surface area contributed by atoms with Gasteiger partial charge in [-0.05, 0) is 55.0 Å². The first-order valence-electron chi connectivity index (χ1n) is 11.0. The predicted octanol–water partition coefficient (Wildman–Crippen LogP) is 5.38. The summed E-state index contributed by atoms with van der Waals surface area (Å²) in [5.41, 5.74) is 1.42. The summed E-state index contributed by atoms with van der Waals surface area (Å²) in [6.45, 7) is 2.41. The molecule has 5 rings (SSSR count). The molecule has 36 heavy (non-hydrogen) atoms. The van der Waals surface area contributed by atoms with E-state index in [1.165, 1.54) is 29.4 Å². The highest BCUT2D eigenvalue weighted by atomic mass is 35.5. The number of anilines is 1. The molecule has 3 heterocycles. The number of thiazole rings is 1. The molecule has 1 atom stereocenters. The van der Waals surface area contributed by atoms with E-state index >= 15 is 0 Å². The van der Waals surface area contributed by atoms with Gasteiger partial charge in [-0.3, -0.25) is 19.5 Å². The van der Waals surface area contributed by atoms with Gasteiger partial charge < -0.3 is 14.6 Å². The van der Waals surface area contributed by atoms with Crippen LogP contribution in [-0.4, -0.2) is 40.5 Å². The fourth-order valence-corrected chi connectivity index (χ4v) is 5.31. The van der Waals surface area contributed by atoms with Crippen LogP contribution < -0.4 is 14.4 Å². The first-order valence-corrected chi connectivity index (χ1v) is 12.2. The number of carbonyl (C=O) groups is 2. The summed E-state index contributed by atoms with van der Waals surface area (Å²) in [6.07, 6.45) is 3.15. The van der Waals surface area contributed by atoms with E-state index in [1.54, 1.807) is 48.8 Å². The first-order chi connectivity index (χ1) is 17.4. The highest BCUT2D eigenvalue weighted by molar-refractivity contribution is 7.22. The van der Waals surface area contributed by atoms with Crippen molar-refractivity contribution in [3.8, 4) is 11.5 Å². The Morgan fingerprint density at radius 2 is 2.03 bits per heavy atom. The summed E-state index contributed by atoms with van der Waals surface area (Å²) in [5, 5.41) is 11.9. The lowest BCUT2D eigenvalue weighted by molar-refractivity contribution is -0.132. The normalized spacial score (nSPS) is 17.1. The molecule has 4 aromatic rings. The minimum absolute atomic E-state index is 0.0772. The van der Waals surface area contributed by atoms with Crippen molar-refractivity contribution in [2.75, 3.05) is 18.6 Å². The summed E-state index contributed by atoms with van der Waals surface area (Å²) in [7, 11) is 1.45. The number of Topliss-reactive ketones (excluding diaryl/α,β-unsaturated/α-hetero) is 1. The maximum Gasteiger partial charge on any atom is 0.301 e. The Bertz CT molecular complexity index is 1520. The number of nitrogens with zero attached hydrogens (tertiary/aromatic N) is 3. The van der Waals surface area contributed by atoms with Crippen molar-refractivity contribution in [2.24, 2.45) is 0 Å². The molecule has 0 saturated carbocycles. The van der Waals surface area contributed by atoms with E-state index in [0.717, 1.165) is 4.70 Å². The predicted molar refractivity (Wildman–Crippen MR) is 138 cm³/mol. The largest absolute Gasteiger partial charge is 0.507 e. The van der Waals surface area contributed by atoms with Gasteiger partial charge in [0.05, 0.1) is 40.6 Å². The molecule has 0 spiro atoms. The molecule has 2 aromatic heterocycles. The number of benzene rings is 2. The average molecular weight is 522 g/mol. The average Bonchev–Trinajstić information content (AvgIpc) is 3.42. The molecule has 1 aliphatic rings. The number of ketones is 1. The minimum atomic E-state index is -0.938. The van der Waals surface area contributed by atoms with Gasteiger partial charge >= 0.3 is 5.91 Å². The summed E-state index contributed by atoms with van der Waals surface area (Å²) in [6, 6.07) is 12.6. The number of hydrogen-bond acceptors (Lipinski definition) is 8. The molecule has 10 heteroatoms. The lowest BCUT2D eigenvalue weighted by Gasteiger charge is -2.22. The Kier molecular flexibility index (Phi) is 6.34. The number of aromatic nitrogens is 2. The number of halogens is 1. The number of ether oxygens (including phenoxy) is 2. The standard InChI is InChI=1S/C26H20ClN3O5S/c1-3-35-16-7-9-18-20(12-16)36-26(29-18)30-22(15-5-4-10-28-13-15)21(24(32)25(30)33)23(31)14-6-8-17(27)19(11-14)34-2/h4-13,22,31H,3H2,1-2H3/b23-21+. The van der Waals surface area contributed by atoms with E-state index in [4.69, 9.17) is 21.1 Å². The summed E-state index contributed by atoms with van der Waals surface area (Å²) in [5.74, 6) is -0.966. The van der Waals surface area contributed by atoms with Crippen LogP contribution in [0.2, 0.25) is 5.02 Å². The zero-order chi connectivity index (χ0) is 25.4. The summed E-state index contributed by atoms with van der Waals surface area (Å²) < 4.78 is 11.6. The summed E-state index contributed by atoms with van der Waals surface area (Å²) in [4.78, 5) is 36.8. The molecule has 0 aliphatic carbocycles. The summed E-state index contributed by atoms with van der Waals surface area (Å²) >= 11 is 7.39. The molecular formula is C26H20ClN3O5S. The van der Waals surface area contributed by atoms with Gasteiger partial charge in [-0.1, -0.05) is 29.0 Å². The van der Waals surface area contributed by atoms with Crippen molar-refractivity contribution in [2.45, 2.75) is 13.0 Å². The van der Waals surface area contributed by atoms with Crippen molar-refractivity contribution >= 4 is 55.7 Å². The zero-order valence-corrected chi connectivity index (χ0v) is 20.8. The highest BCUT2D eigenvalue weighted by Crippen LogP contribution is 2.44. The van der Waals surface area contributed by atoms with Gasteiger partial charge in [-0.25, -0.2) is 4.98 Å². The number of amides is 1. The number of pyridine rings is 1. The van der Waals surface area contributed by atoms with E-state index < -0.39 is 17.7 Å². The van der Waals surface area contributed by atoms with Crippen LogP contribution in [0.4, 0.5) is 5.13 Å². The zero-order valence-electron chi connectivity index (χ0n) is 19.3. The number of rotatable bonds is 6. The Morgan fingerprint density at radius 1 is 1.19 bits per heavy atom. The number of aliphatic hydroxyl groups excluding tert-OH is 1.